The number of hydrogen-bond donors (Lipinski definition) is 1. The normalized spacial score (nSPS) is 18.9. The molecular formula is C28H30N2O3. The summed E-state index contributed by atoms with van der Waals surface area (Å²) in [7, 11) is 0. The first-order valence-electron chi connectivity index (χ1n) is 11.9. The van der Waals surface area contributed by atoms with E-state index in [-0.39, 0.29) is 29.1 Å². The van der Waals surface area contributed by atoms with Crippen molar-refractivity contribution in [2.45, 2.75) is 31.6 Å². The van der Waals surface area contributed by atoms with E-state index in [0.29, 0.717) is 25.4 Å². The van der Waals surface area contributed by atoms with Gasteiger partial charge in [0.1, 0.15) is 0 Å². The van der Waals surface area contributed by atoms with Gasteiger partial charge < -0.3 is 14.6 Å². The largest absolute Gasteiger partial charge is 0.459 e. The van der Waals surface area contributed by atoms with Crippen molar-refractivity contribution in [3.63, 3.8) is 0 Å². The number of nitrogens with zero attached hydrogens (tertiary/aromatic N) is 1. The molecule has 5 heteroatoms. The Labute approximate surface area is 194 Å². The highest BCUT2D eigenvalue weighted by Gasteiger charge is 2.58. The number of carbonyl (C=O) groups is 2. The molecule has 1 spiro atoms. The SMILES string of the molecule is O=C(NCCC(c1ccccc1)c1ccccc1)[C@@H]1CC12CCN(C(=O)c1ccco1)CC2. The number of furan rings is 1. The van der Waals surface area contributed by atoms with Crippen LogP contribution in [0.1, 0.15) is 53.3 Å². The molecule has 0 unspecified atom stereocenters. The van der Waals surface area contributed by atoms with E-state index in [4.69, 9.17) is 4.42 Å². The molecule has 2 aliphatic rings. The van der Waals surface area contributed by atoms with Gasteiger partial charge in [-0.05, 0) is 54.4 Å². The Hall–Kier alpha value is -3.34. The van der Waals surface area contributed by atoms with E-state index in [1.165, 1.54) is 17.4 Å². The third kappa shape index (κ3) is 4.58. The lowest BCUT2D eigenvalue weighted by Crippen LogP contribution is -2.40. The van der Waals surface area contributed by atoms with E-state index < -0.39 is 0 Å². The lowest BCUT2D eigenvalue weighted by atomic mass is 9.88. The van der Waals surface area contributed by atoms with E-state index >= 15 is 0 Å². The van der Waals surface area contributed by atoms with Gasteiger partial charge in [-0.2, -0.15) is 0 Å². The summed E-state index contributed by atoms with van der Waals surface area (Å²) in [6, 6.07) is 24.4. The lowest BCUT2D eigenvalue weighted by molar-refractivity contribution is -0.123. The van der Waals surface area contributed by atoms with Crippen LogP contribution in [0.15, 0.2) is 83.5 Å². The van der Waals surface area contributed by atoms with Gasteiger partial charge >= 0.3 is 0 Å². The lowest BCUT2D eigenvalue weighted by Gasteiger charge is -2.32. The summed E-state index contributed by atoms with van der Waals surface area (Å²) >= 11 is 0. The summed E-state index contributed by atoms with van der Waals surface area (Å²) in [6.07, 6.45) is 5.09. The van der Waals surface area contributed by atoms with Crippen molar-refractivity contribution in [2.75, 3.05) is 19.6 Å². The molecule has 1 atom stereocenters. The smallest absolute Gasteiger partial charge is 0.289 e. The minimum atomic E-state index is -0.0515. The fourth-order valence-electron chi connectivity index (χ4n) is 5.34. The van der Waals surface area contributed by atoms with Crippen molar-refractivity contribution < 1.29 is 14.0 Å². The molecule has 1 saturated heterocycles. The van der Waals surface area contributed by atoms with Crippen LogP contribution < -0.4 is 5.32 Å². The minimum Gasteiger partial charge on any atom is -0.459 e. The van der Waals surface area contributed by atoms with Crippen molar-refractivity contribution in [3.05, 3.63) is 95.9 Å². The third-order valence-electron chi connectivity index (χ3n) is 7.42. The van der Waals surface area contributed by atoms with Crippen molar-refractivity contribution in [1.82, 2.24) is 10.2 Å². The predicted octanol–water partition coefficient (Wildman–Crippen LogP) is 4.86. The molecule has 1 aromatic heterocycles. The van der Waals surface area contributed by atoms with Crippen molar-refractivity contribution in [3.8, 4) is 0 Å². The molecule has 1 saturated carbocycles. The highest BCUT2D eigenvalue weighted by Crippen LogP contribution is 2.59. The van der Waals surface area contributed by atoms with Gasteiger partial charge in [0.05, 0.1) is 6.26 Å². The molecule has 3 aromatic rings. The van der Waals surface area contributed by atoms with Gasteiger partial charge in [-0.15, -0.1) is 0 Å². The first-order valence-corrected chi connectivity index (χ1v) is 11.9. The zero-order valence-electron chi connectivity index (χ0n) is 18.8. The monoisotopic (exact) mass is 442 g/mol. The van der Waals surface area contributed by atoms with Crippen LogP contribution in [0.4, 0.5) is 0 Å². The Balaban J connectivity index is 1.13. The standard InChI is InChI=1S/C28H30N2O3/c31-26(24-20-28(24)14-17-30(18-15-28)27(32)25-12-7-19-33-25)29-16-13-23(21-8-3-1-4-9-21)22-10-5-2-6-11-22/h1-12,19,23-24H,13-18,20H2,(H,29,31)/t24-/m0/s1. The number of carbonyl (C=O) groups excluding carboxylic acids is 2. The summed E-state index contributed by atoms with van der Waals surface area (Å²) in [5, 5.41) is 3.21. The maximum atomic E-state index is 12.9. The van der Waals surface area contributed by atoms with Crippen molar-refractivity contribution in [2.24, 2.45) is 11.3 Å². The molecule has 1 aliphatic carbocycles. The van der Waals surface area contributed by atoms with Gasteiger partial charge in [-0.1, -0.05) is 60.7 Å². The molecule has 2 heterocycles. The second-order valence-electron chi connectivity index (χ2n) is 9.34. The first-order chi connectivity index (χ1) is 16.2. The second kappa shape index (κ2) is 9.26. The molecule has 2 aromatic carbocycles. The van der Waals surface area contributed by atoms with Crippen molar-refractivity contribution >= 4 is 11.8 Å². The van der Waals surface area contributed by atoms with Crippen LogP contribution in [0.5, 0.6) is 0 Å². The molecule has 1 N–H and O–H groups in total. The Morgan fingerprint density at radius 2 is 1.58 bits per heavy atom. The highest BCUT2D eigenvalue weighted by molar-refractivity contribution is 5.91. The Morgan fingerprint density at radius 3 is 2.15 bits per heavy atom. The van der Waals surface area contributed by atoms with Crippen LogP contribution in [-0.4, -0.2) is 36.3 Å². The summed E-state index contributed by atoms with van der Waals surface area (Å²) in [4.78, 5) is 27.3. The number of rotatable bonds is 7. The third-order valence-corrected chi connectivity index (χ3v) is 7.42. The van der Waals surface area contributed by atoms with E-state index in [0.717, 1.165) is 25.7 Å². The predicted molar refractivity (Wildman–Crippen MR) is 127 cm³/mol. The van der Waals surface area contributed by atoms with Crippen LogP contribution in [0.25, 0.3) is 0 Å². The fraction of sp³-hybridized carbons (Fsp3) is 0.357. The van der Waals surface area contributed by atoms with Crippen LogP contribution >= 0.6 is 0 Å². The van der Waals surface area contributed by atoms with Crippen LogP contribution in [-0.2, 0) is 4.79 Å². The summed E-state index contributed by atoms with van der Waals surface area (Å²) < 4.78 is 5.25. The van der Waals surface area contributed by atoms with Gasteiger partial charge in [0, 0.05) is 31.5 Å². The fourth-order valence-corrected chi connectivity index (χ4v) is 5.34. The molecule has 5 nitrogen and oxygen atoms in total. The molecular weight excluding hydrogens is 412 g/mol. The van der Waals surface area contributed by atoms with E-state index in [1.807, 2.05) is 17.0 Å². The first kappa shape index (κ1) is 21.5. The van der Waals surface area contributed by atoms with Crippen LogP contribution in [0.3, 0.4) is 0 Å². The van der Waals surface area contributed by atoms with Gasteiger partial charge in [0.15, 0.2) is 5.76 Å². The number of hydrogen-bond acceptors (Lipinski definition) is 3. The van der Waals surface area contributed by atoms with Gasteiger partial charge in [0.25, 0.3) is 5.91 Å². The Bertz CT molecular complexity index is 1030. The molecule has 2 fully saturated rings. The van der Waals surface area contributed by atoms with Gasteiger partial charge in [-0.3, -0.25) is 9.59 Å². The van der Waals surface area contributed by atoms with Crippen molar-refractivity contribution in [1.29, 1.82) is 0 Å². The number of piperidine rings is 1. The molecule has 0 radical (unpaired) electrons. The van der Waals surface area contributed by atoms with Gasteiger partial charge in [0.2, 0.25) is 5.91 Å². The molecule has 5 rings (SSSR count). The maximum Gasteiger partial charge on any atom is 0.289 e. The zero-order chi connectivity index (χ0) is 22.7. The van der Waals surface area contributed by atoms with Crippen LogP contribution in [0, 0.1) is 11.3 Å². The molecule has 1 aliphatic heterocycles. The summed E-state index contributed by atoms with van der Waals surface area (Å²) in [5.74, 6) is 0.842. The average molecular weight is 443 g/mol. The summed E-state index contributed by atoms with van der Waals surface area (Å²) in [5.41, 5.74) is 2.62. The average Bonchev–Trinajstić information content (AvgIpc) is 3.28. The Morgan fingerprint density at radius 1 is 0.939 bits per heavy atom. The van der Waals surface area contributed by atoms with Gasteiger partial charge in [-0.25, -0.2) is 0 Å². The van der Waals surface area contributed by atoms with E-state index in [1.54, 1.807) is 12.1 Å². The minimum absolute atomic E-state index is 0.0515. The highest BCUT2D eigenvalue weighted by atomic mass is 16.3. The number of likely N-dealkylation sites (tertiary alicyclic amines) is 1. The second-order valence-corrected chi connectivity index (χ2v) is 9.34. The number of benzene rings is 2. The molecule has 33 heavy (non-hydrogen) atoms. The van der Waals surface area contributed by atoms with Crippen LogP contribution in [0.2, 0.25) is 0 Å². The molecule has 0 bridgehead atoms. The number of amides is 2. The quantitative estimate of drug-likeness (QED) is 0.568. The summed E-state index contributed by atoms with van der Waals surface area (Å²) in [6.45, 7) is 2.03. The van der Waals surface area contributed by atoms with E-state index in [9.17, 15) is 9.59 Å². The Kier molecular flexibility index (Phi) is 6.03. The number of nitrogens with one attached hydrogen (secondary N) is 1. The maximum absolute atomic E-state index is 12.9. The molecule has 170 valence electrons. The van der Waals surface area contributed by atoms with E-state index in [2.05, 4.69) is 53.8 Å². The zero-order valence-corrected chi connectivity index (χ0v) is 18.8. The topological polar surface area (TPSA) is 62.6 Å². The molecule has 2 amide bonds.